The molecule has 1 atom stereocenters. The Morgan fingerprint density at radius 3 is 1.68 bits per heavy atom. The number of carboxylic acids is 2. The number of hydrogen-bond acceptors (Lipinski definition) is 6. The third kappa shape index (κ3) is 14.3. The number of aromatic nitrogens is 2. The number of rotatable bonds is 16. The average molecular weight is 818 g/mol. The second-order valence-electron chi connectivity index (χ2n) is 14.2. The summed E-state index contributed by atoms with van der Waals surface area (Å²) in [5, 5.41) is 40.4. The van der Waals surface area contributed by atoms with Gasteiger partial charge in [-0.15, -0.1) is 0 Å². The number of fused-ring (bicyclic) bond motifs is 2. The summed E-state index contributed by atoms with van der Waals surface area (Å²) in [6.45, 7) is 7.72. The van der Waals surface area contributed by atoms with Crippen molar-refractivity contribution in [1.29, 1.82) is 0 Å². The average Bonchev–Trinajstić information content (AvgIpc) is 3.75. The first kappa shape index (κ1) is 53.6. The number of carboxylic acid groups (broad SMARTS) is 2. The number of unbranched alkanes of at least 4 members (excludes halogenated alkanes) is 2. The molecule has 0 saturated heterocycles. The largest absolute Gasteiger partial charge is 1.00 e. The van der Waals surface area contributed by atoms with Gasteiger partial charge in [-0.25, -0.2) is 4.79 Å². The van der Waals surface area contributed by atoms with Gasteiger partial charge in [-0.3, -0.25) is 4.79 Å². The molecule has 9 nitrogen and oxygen atoms in total. The molecule has 0 spiro atoms. The van der Waals surface area contributed by atoms with Gasteiger partial charge in [-0.1, -0.05) is 93.8 Å². The van der Waals surface area contributed by atoms with Crippen LogP contribution in [0.3, 0.4) is 0 Å². The summed E-state index contributed by atoms with van der Waals surface area (Å²) in [7, 11) is 1.00. The molecule has 12 heteroatoms. The normalized spacial score (nSPS) is 10.8. The van der Waals surface area contributed by atoms with E-state index in [2.05, 4.69) is 48.1 Å². The van der Waals surface area contributed by atoms with Crippen LogP contribution in [0.15, 0.2) is 84.9 Å². The fourth-order valence-electron chi connectivity index (χ4n) is 7.17. The zero-order valence-corrected chi connectivity index (χ0v) is 39.8. The Morgan fingerprint density at radius 2 is 1.17 bits per heavy atom. The molecule has 2 aromatic heterocycles. The van der Waals surface area contributed by atoms with E-state index in [1.807, 2.05) is 42.5 Å². The van der Waals surface area contributed by atoms with Gasteiger partial charge in [0, 0.05) is 55.0 Å². The number of ketones is 1. The molecule has 3 radical (unpaired) electrons. The third-order valence-corrected chi connectivity index (χ3v) is 10.2. The second-order valence-corrected chi connectivity index (χ2v) is 14.2. The number of aromatic amines is 2. The number of carbonyl (C=O) groups is 3. The number of Topliss-reactive ketones (excluding diaryl/α,β-unsaturated/α-hetero) is 1. The number of aliphatic hydroxyl groups is 2. The van der Waals surface area contributed by atoms with Crippen LogP contribution in [-0.4, -0.2) is 58.5 Å². The smallest absolute Gasteiger partial charge is 1.00 e. The number of hydrogen-bond donors (Lipinski definition) is 5. The predicted octanol–water partition coefficient (Wildman–Crippen LogP) is 2.53. The van der Waals surface area contributed by atoms with Crippen LogP contribution in [0.25, 0.3) is 21.8 Å². The number of nitrogens with one attached hydrogen (secondary N) is 2. The molecule has 2 heterocycles. The maximum absolute atomic E-state index is 12.7. The molecule has 6 aromatic rings. The van der Waals surface area contributed by atoms with Gasteiger partial charge in [0.05, 0.1) is 23.3 Å². The van der Waals surface area contributed by atoms with Crippen molar-refractivity contribution in [1.82, 2.24) is 9.97 Å². The zero-order chi connectivity index (χ0) is 40.8. The van der Waals surface area contributed by atoms with Crippen molar-refractivity contribution in [3.8, 4) is 0 Å². The number of benzene rings is 4. The second kappa shape index (κ2) is 26.7. The van der Waals surface area contributed by atoms with E-state index >= 15 is 0 Å². The maximum atomic E-state index is 12.7. The quantitative estimate of drug-likeness (QED) is 0.0740. The van der Waals surface area contributed by atoms with Crippen molar-refractivity contribution in [2.24, 2.45) is 0 Å². The minimum Gasteiger partial charge on any atom is -1.00 e. The van der Waals surface area contributed by atoms with E-state index in [-0.39, 0.29) is 80.3 Å². The Hall–Kier alpha value is -3.45. The maximum Gasteiger partial charge on any atom is 1.00 e. The van der Waals surface area contributed by atoms with E-state index in [1.165, 1.54) is 11.1 Å². The Balaban J connectivity index is 0.00000105. The molecule has 5 N–H and O–H groups in total. The number of H-pyrrole nitrogens is 2. The first-order valence-electron chi connectivity index (χ1n) is 19.5. The van der Waals surface area contributed by atoms with Gasteiger partial charge in [0.2, 0.25) is 0 Å². The van der Waals surface area contributed by atoms with E-state index < -0.39 is 18.0 Å². The van der Waals surface area contributed by atoms with Gasteiger partial charge in [0.25, 0.3) is 0 Å². The standard InChI is InChI=1S/C23H27NO3.C23H25NO3.CH4O.B.2Na.H/c2*1-3-4-10-21(25)22-17(12-11-16-8-6-5-7-9-16)19-14-18(23(26)27)15(2)13-20(19)24-22;1-2;;;;/h5-9,13-14,21,24-25H,3-4,10-12H2,1-2H3,(H,26,27);5-9,13-14,24H,3-4,10-12H2,1-2H3,(H,26,27);2H,1H3;;;;/q;;;;2*+1;-1/p-1. The van der Waals surface area contributed by atoms with E-state index in [0.717, 1.165) is 96.2 Å². The molecular formula is C47H56BN2Na2O7. The van der Waals surface area contributed by atoms with Crippen molar-refractivity contribution in [3.05, 3.63) is 141 Å². The van der Waals surface area contributed by atoms with Crippen LogP contribution >= 0.6 is 0 Å². The Bertz CT molecular complexity index is 2250. The monoisotopic (exact) mass is 817 g/mol. The number of aryl methyl sites for hydroxylation is 6. The SMILES string of the molecule is CCCCC(=O)c1[nH]c2cc(C)c(C(=O)[O-])cc2c1CCc1ccccc1.CCCCC(O)c1[nH]c2cc(C)c(C(=O)O)cc2c1CCc1ccccc1.CO.[B].[H-].[Na+].[Na+]. The molecule has 0 fully saturated rings. The van der Waals surface area contributed by atoms with Gasteiger partial charge in [-0.2, -0.15) is 0 Å². The molecule has 0 saturated carbocycles. The summed E-state index contributed by atoms with van der Waals surface area (Å²) in [6.07, 6.45) is 7.48. The summed E-state index contributed by atoms with van der Waals surface area (Å²) >= 11 is 0. The summed E-state index contributed by atoms with van der Waals surface area (Å²) in [5.74, 6) is -2.02. The first-order valence-corrected chi connectivity index (χ1v) is 19.5. The van der Waals surface area contributed by atoms with Gasteiger partial charge in [0.1, 0.15) is 0 Å². The molecule has 1 unspecified atom stereocenters. The van der Waals surface area contributed by atoms with Crippen LogP contribution in [0.1, 0.15) is 130 Å². The van der Waals surface area contributed by atoms with Gasteiger partial charge >= 0.3 is 65.1 Å². The molecule has 6 rings (SSSR count). The van der Waals surface area contributed by atoms with Crippen LogP contribution in [0, 0.1) is 13.8 Å². The molecule has 0 aliphatic rings. The summed E-state index contributed by atoms with van der Waals surface area (Å²) in [5.41, 5.74) is 9.33. The van der Waals surface area contributed by atoms with Crippen LogP contribution in [0.4, 0.5) is 0 Å². The summed E-state index contributed by atoms with van der Waals surface area (Å²) in [4.78, 5) is 42.4. The van der Waals surface area contributed by atoms with Crippen molar-refractivity contribution in [2.75, 3.05) is 7.11 Å². The fourth-order valence-corrected chi connectivity index (χ4v) is 7.17. The minimum atomic E-state index is -1.19. The van der Waals surface area contributed by atoms with E-state index in [0.29, 0.717) is 36.1 Å². The van der Waals surface area contributed by atoms with Crippen molar-refractivity contribution in [3.63, 3.8) is 0 Å². The van der Waals surface area contributed by atoms with E-state index in [4.69, 9.17) is 5.11 Å². The van der Waals surface area contributed by atoms with Crippen molar-refractivity contribution >= 4 is 47.9 Å². The predicted molar refractivity (Wildman–Crippen MR) is 228 cm³/mol. The fraction of sp³-hybridized carbons (Fsp3) is 0.340. The van der Waals surface area contributed by atoms with Crippen LogP contribution in [-0.2, 0) is 25.7 Å². The Labute approximate surface area is 396 Å². The number of carbonyl (C=O) groups excluding carboxylic acids is 2. The van der Waals surface area contributed by atoms with E-state index in [9.17, 15) is 29.7 Å². The Kier molecular flexibility index (Phi) is 24.2. The van der Waals surface area contributed by atoms with Gasteiger partial charge in [-0.05, 0) is 110 Å². The molecular weight excluding hydrogens is 761 g/mol. The number of aliphatic hydroxyl groups excluding tert-OH is 2. The van der Waals surface area contributed by atoms with Crippen molar-refractivity contribution in [2.45, 2.75) is 98.0 Å². The van der Waals surface area contributed by atoms with Crippen molar-refractivity contribution < 1.29 is 95.4 Å². The number of aromatic carboxylic acids is 2. The van der Waals surface area contributed by atoms with Crippen LogP contribution in [0.2, 0.25) is 0 Å². The zero-order valence-electron chi connectivity index (χ0n) is 36.8. The Morgan fingerprint density at radius 1 is 0.695 bits per heavy atom. The molecule has 301 valence electrons. The topological polar surface area (TPSA) is 167 Å². The molecule has 0 aliphatic carbocycles. The van der Waals surface area contributed by atoms with Crippen LogP contribution in [0.5, 0.6) is 0 Å². The molecule has 59 heavy (non-hydrogen) atoms. The molecule has 4 aromatic carbocycles. The summed E-state index contributed by atoms with van der Waals surface area (Å²) in [6, 6.07) is 27.4. The summed E-state index contributed by atoms with van der Waals surface area (Å²) < 4.78 is 0. The molecule has 0 aliphatic heterocycles. The first-order chi connectivity index (χ1) is 27.0. The molecule has 0 bridgehead atoms. The minimum absolute atomic E-state index is 0. The molecule has 0 amide bonds. The van der Waals surface area contributed by atoms with Crippen LogP contribution < -0.4 is 64.2 Å². The third-order valence-electron chi connectivity index (χ3n) is 10.2. The van der Waals surface area contributed by atoms with Gasteiger partial charge in [0.15, 0.2) is 5.78 Å². The van der Waals surface area contributed by atoms with E-state index in [1.54, 1.807) is 32.0 Å². The van der Waals surface area contributed by atoms with Gasteiger partial charge < -0.3 is 36.6 Å².